The smallest absolute Gasteiger partial charge is 0.410 e. The van der Waals surface area contributed by atoms with Gasteiger partial charge in [-0.2, -0.15) is 5.10 Å². The number of aromatic nitrogens is 4. The third-order valence-electron chi connectivity index (χ3n) is 5.25. The molecule has 2 aliphatic rings. The van der Waals surface area contributed by atoms with E-state index in [1.165, 1.54) is 6.33 Å². The van der Waals surface area contributed by atoms with Gasteiger partial charge in [-0.1, -0.05) is 0 Å². The average Bonchev–Trinajstić information content (AvgIpc) is 3.07. The van der Waals surface area contributed by atoms with E-state index in [4.69, 9.17) is 10.5 Å². The minimum atomic E-state index is -0.459. The van der Waals surface area contributed by atoms with Crippen LogP contribution in [-0.4, -0.2) is 49.4 Å². The van der Waals surface area contributed by atoms with Gasteiger partial charge in [-0.3, -0.25) is 0 Å². The fraction of sp³-hybridized carbons (Fsp3) is 0.647. The normalized spacial score (nSPS) is 25.7. The summed E-state index contributed by atoms with van der Waals surface area (Å²) < 4.78 is 8.32. The highest BCUT2D eigenvalue weighted by molar-refractivity contribution is 14.1. The molecule has 0 radical (unpaired) electrons. The van der Waals surface area contributed by atoms with E-state index in [1.807, 2.05) is 30.4 Å². The molecule has 1 spiro atoms. The van der Waals surface area contributed by atoms with Crippen LogP contribution in [0.2, 0.25) is 0 Å². The molecule has 2 aromatic rings. The summed E-state index contributed by atoms with van der Waals surface area (Å²) in [5.74, 6) is 0.469. The second-order valence-electron chi connectivity index (χ2n) is 8.41. The standard InChI is InChI=1S/C17H23IN6O2/c1-16(2,3)26-15(25)23-5-4-17(8-23)6-10(7-17)24-14-11(12(18)22-24)13(19)20-9-21-14/h9-10H,4-8H2,1-3H3,(H2,19,20,21)/t10-,17-. The number of ether oxygens (including phenoxy) is 1. The second-order valence-corrected chi connectivity index (χ2v) is 9.43. The van der Waals surface area contributed by atoms with Crippen molar-refractivity contribution in [2.24, 2.45) is 5.41 Å². The summed E-state index contributed by atoms with van der Waals surface area (Å²) >= 11 is 2.18. The Hall–Kier alpha value is -1.65. The lowest BCUT2D eigenvalue weighted by molar-refractivity contribution is 0.0189. The molecule has 2 N–H and O–H groups in total. The van der Waals surface area contributed by atoms with Crippen molar-refractivity contribution in [2.45, 2.75) is 51.7 Å². The molecular formula is C17H23IN6O2. The summed E-state index contributed by atoms with van der Waals surface area (Å²) in [5, 5.41) is 5.47. The van der Waals surface area contributed by atoms with Crippen molar-refractivity contribution in [1.82, 2.24) is 24.6 Å². The minimum Gasteiger partial charge on any atom is -0.444 e. The van der Waals surface area contributed by atoms with Crippen molar-refractivity contribution >= 4 is 45.5 Å². The van der Waals surface area contributed by atoms with Gasteiger partial charge in [0.05, 0.1) is 11.4 Å². The van der Waals surface area contributed by atoms with Crippen LogP contribution in [0.15, 0.2) is 6.33 Å². The maximum absolute atomic E-state index is 12.3. The zero-order chi connectivity index (χ0) is 18.7. The fourth-order valence-electron chi connectivity index (χ4n) is 4.07. The third kappa shape index (κ3) is 2.99. The third-order valence-corrected chi connectivity index (χ3v) is 6.00. The zero-order valence-corrected chi connectivity index (χ0v) is 17.4. The van der Waals surface area contributed by atoms with Gasteiger partial charge < -0.3 is 15.4 Å². The van der Waals surface area contributed by atoms with E-state index in [1.54, 1.807) is 0 Å². The second kappa shape index (κ2) is 5.93. The zero-order valence-electron chi connectivity index (χ0n) is 15.2. The van der Waals surface area contributed by atoms with Crippen molar-refractivity contribution in [3.8, 4) is 0 Å². The summed E-state index contributed by atoms with van der Waals surface area (Å²) in [6.07, 6.45) is 4.26. The average molecular weight is 470 g/mol. The van der Waals surface area contributed by atoms with Crippen LogP contribution >= 0.6 is 22.6 Å². The van der Waals surface area contributed by atoms with Crippen LogP contribution in [0.25, 0.3) is 11.0 Å². The molecule has 1 amide bonds. The molecule has 0 unspecified atom stereocenters. The number of hydrogen-bond donors (Lipinski definition) is 1. The number of anilines is 1. The maximum Gasteiger partial charge on any atom is 0.410 e. The van der Waals surface area contributed by atoms with E-state index in [-0.39, 0.29) is 17.6 Å². The highest BCUT2D eigenvalue weighted by Gasteiger charge is 2.51. The maximum atomic E-state index is 12.3. The number of halogens is 1. The van der Waals surface area contributed by atoms with Gasteiger partial charge in [-0.15, -0.1) is 0 Å². The highest BCUT2D eigenvalue weighted by atomic mass is 127. The number of nitrogens with zero attached hydrogens (tertiary/aromatic N) is 5. The number of likely N-dealkylation sites (tertiary alicyclic amines) is 1. The van der Waals surface area contributed by atoms with E-state index in [9.17, 15) is 4.79 Å². The molecule has 0 aromatic carbocycles. The van der Waals surface area contributed by atoms with Gasteiger partial charge in [-0.05, 0) is 68.0 Å². The van der Waals surface area contributed by atoms with E-state index < -0.39 is 5.60 Å². The van der Waals surface area contributed by atoms with Crippen LogP contribution in [0.4, 0.5) is 10.6 Å². The molecule has 1 aliphatic carbocycles. The van der Waals surface area contributed by atoms with Gasteiger partial charge in [0.1, 0.15) is 21.4 Å². The molecular weight excluding hydrogens is 447 g/mol. The lowest BCUT2D eigenvalue weighted by Gasteiger charge is -2.45. The molecule has 2 aromatic heterocycles. The first-order valence-electron chi connectivity index (χ1n) is 8.80. The van der Waals surface area contributed by atoms with Crippen LogP contribution in [0.5, 0.6) is 0 Å². The summed E-state index contributed by atoms with van der Waals surface area (Å²) in [6.45, 7) is 7.20. The van der Waals surface area contributed by atoms with Crippen molar-refractivity contribution < 1.29 is 9.53 Å². The first-order chi connectivity index (χ1) is 12.2. The van der Waals surface area contributed by atoms with Gasteiger partial charge in [0.25, 0.3) is 0 Å². The van der Waals surface area contributed by atoms with E-state index >= 15 is 0 Å². The quantitative estimate of drug-likeness (QED) is 0.644. The van der Waals surface area contributed by atoms with Gasteiger partial charge >= 0.3 is 6.09 Å². The Morgan fingerprint density at radius 3 is 2.81 bits per heavy atom. The minimum absolute atomic E-state index is 0.170. The summed E-state index contributed by atoms with van der Waals surface area (Å²) in [4.78, 5) is 22.6. The Bertz CT molecular complexity index is 868. The number of nitrogen functional groups attached to an aromatic ring is 1. The van der Waals surface area contributed by atoms with Gasteiger partial charge in [-0.25, -0.2) is 19.4 Å². The Kier molecular flexibility index (Phi) is 4.05. The summed E-state index contributed by atoms with van der Waals surface area (Å²) in [5.41, 5.74) is 6.49. The molecule has 1 saturated carbocycles. The highest BCUT2D eigenvalue weighted by Crippen LogP contribution is 2.54. The van der Waals surface area contributed by atoms with Crippen molar-refractivity contribution in [3.63, 3.8) is 0 Å². The van der Waals surface area contributed by atoms with Crippen molar-refractivity contribution in [2.75, 3.05) is 18.8 Å². The Morgan fingerprint density at radius 1 is 1.38 bits per heavy atom. The lowest BCUT2D eigenvalue weighted by Crippen LogP contribution is -2.43. The molecule has 4 rings (SSSR count). The SMILES string of the molecule is CC(C)(C)OC(=O)N1CC[C@]2(C1)C[C@H](n1nc(I)c3c(N)ncnc31)C2. The molecule has 2 fully saturated rings. The predicted molar refractivity (Wildman–Crippen MR) is 106 cm³/mol. The van der Waals surface area contributed by atoms with Crippen molar-refractivity contribution in [3.05, 3.63) is 10.0 Å². The Balaban J connectivity index is 1.47. The molecule has 0 bridgehead atoms. The van der Waals surface area contributed by atoms with Gasteiger partial charge in [0, 0.05) is 13.1 Å². The van der Waals surface area contributed by atoms with E-state index in [2.05, 4.69) is 37.7 Å². The number of carbonyl (C=O) groups excluding carboxylic acids is 1. The number of fused-ring (bicyclic) bond motifs is 1. The van der Waals surface area contributed by atoms with Crippen LogP contribution in [-0.2, 0) is 4.74 Å². The molecule has 140 valence electrons. The predicted octanol–water partition coefficient (Wildman–Crippen LogP) is 2.98. The molecule has 1 saturated heterocycles. The monoisotopic (exact) mass is 470 g/mol. The summed E-state index contributed by atoms with van der Waals surface area (Å²) in [6, 6.07) is 0.286. The van der Waals surface area contributed by atoms with E-state index in [0.29, 0.717) is 5.82 Å². The van der Waals surface area contributed by atoms with Crippen LogP contribution in [0.3, 0.4) is 0 Å². The molecule has 8 nitrogen and oxygen atoms in total. The number of nitrogens with two attached hydrogens (primary N) is 1. The number of carbonyl (C=O) groups is 1. The molecule has 0 atom stereocenters. The molecule has 3 heterocycles. The lowest BCUT2D eigenvalue weighted by atomic mass is 9.65. The van der Waals surface area contributed by atoms with Crippen molar-refractivity contribution in [1.29, 1.82) is 0 Å². The molecule has 9 heteroatoms. The Labute approximate surface area is 165 Å². The van der Waals surface area contributed by atoms with Crippen LogP contribution < -0.4 is 5.73 Å². The summed E-state index contributed by atoms with van der Waals surface area (Å²) in [7, 11) is 0. The number of amides is 1. The fourth-order valence-corrected chi connectivity index (χ4v) is 4.82. The van der Waals surface area contributed by atoms with Crippen LogP contribution in [0, 0.1) is 9.12 Å². The molecule has 1 aliphatic heterocycles. The van der Waals surface area contributed by atoms with Gasteiger partial charge in [0.15, 0.2) is 5.65 Å². The number of hydrogen-bond acceptors (Lipinski definition) is 6. The topological polar surface area (TPSA) is 99.2 Å². The largest absolute Gasteiger partial charge is 0.444 e. The first kappa shape index (κ1) is 17.7. The number of rotatable bonds is 1. The van der Waals surface area contributed by atoms with E-state index in [0.717, 1.165) is 47.1 Å². The Morgan fingerprint density at radius 2 is 2.12 bits per heavy atom. The van der Waals surface area contributed by atoms with Gasteiger partial charge in [0.2, 0.25) is 0 Å². The molecule has 26 heavy (non-hydrogen) atoms. The first-order valence-corrected chi connectivity index (χ1v) is 9.87. The van der Waals surface area contributed by atoms with Crippen LogP contribution in [0.1, 0.15) is 46.1 Å².